The molecule has 0 aliphatic heterocycles. The highest BCUT2D eigenvalue weighted by Crippen LogP contribution is 2.17. The highest BCUT2D eigenvalue weighted by molar-refractivity contribution is 9.10. The second-order valence-corrected chi connectivity index (χ2v) is 4.72. The predicted molar refractivity (Wildman–Crippen MR) is 64.1 cm³/mol. The molecule has 1 aromatic rings. The number of rotatable bonds is 2. The fourth-order valence-electron chi connectivity index (χ4n) is 1.77. The Morgan fingerprint density at radius 3 is 2.56 bits per heavy atom. The van der Waals surface area contributed by atoms with E-state index in [0.29, 0.717) is 12.0 Å². The summed E-state index contributed by atoms with van der Waals surface area (Å²) in [6.07, 6.45) is 7.71. The molecule has 0 aromatic carbocycles. The highest BCUT2D eigenvalue weighted by Gasteiger charge is 2.17. The number of anilines is 1. The summed E-state index contributed by atoms with van der Waals surface area (Å²) in [5.41, 5.74) is 0. The van der Waals surface area contributed by atoms with Crippen molar-refractivity contribution >= 4 is 27.9 Å². The van der Waals surface area contributed by atoms with Gasteiger partial charge < -0.3 is 5.32 Å². The van der Waals surface area contributed by atoms with E-state index in [0.717, 1.165) is 17.3 Å². The lowest BCUT2D eigenvalue weighted by molar-refractivity contribution is 0.248. The zero-order chi connectivity index (χ0) is 11.4. The van der Waals surface area contributed by atoms with Gasteiger partial charge in [0.15, 0.2) is 0 Å². The van der Waals surface area contributed by atoms with Gasteiger partial charge in [-0.15, -0.1) is 0 Å². The van der Waals surface area contributed by atoms with Gasteiger partial charge >= 0.3 is 6.03 Å². The van der Waals surface area contributed by atoms with E-state index in [2.05, 4.69) is 36.5 Å². The van der Waals surface area contributed by atoms with Gasteiger partial charge in [-0.25, -0.2) is 14.8 Å². The lowest BCUT2D eigenvalue weighted by atomic mass is 10.3. The summed E-state index contributed by atoms with van der Waals surface area (Å²) in [5.74, 6) is 0.318. The molecule has 1 fully saturated rings. The van der Waals surface area contributed by atoms with Gasteiger partial charge in [0, 0.05) is 18.4 Å². The number of hydrogen-bond donors (Lipinski definition) is 2. The molecule has 0 saturated heterocycles. The topological polar surface area (TPSA) is 66.9 Å². The molecule has 5 nitrogen and oxygen atoms in total. The first kappa shape index (κ1) is 11.3. The van der Waals surface area contributed by atoms with Crippen LogP contribution < -0.4 is 10.6 Å². The summed E-state index contributed by atoms with van der Waals surface area (Å²) < 4.78 is 0.786. The largest absolute Gasteiger partial charge is 0.335 e. The quantitative estimate of drug-likeness (QED) is 0.876. The molecule has 0 bridgehead atoms. The molecule has 6 heteroatoms. The molecule has 0 spiro atoms. The lowest BCUT2D eigenvalue weighted by Gasteiger charge is -2.11. The normalized spacial score (nSPS) is 16.1. The van der Waals surface area contributed by atoms with Gasteiger partial charge in [-0.2, -0.15) is 0 Å². The van der Waals surface area contributed by atoms with E-state index in [1.54, 1.807) is 12.4 Å². The third-order valence-electron chi connectivity index (χ3n) is 2.54. The zero-order valence-corrected chi connectivity index (χ0v) is 10.3. The molecule has 2 rings (SSSR count). The Hall–Kier alpha value is -1.17. The Kier molecular flexibility index (Phi) is 3.71. The first-order valence-electron chi connectivity index (χ1n) is 5.29. The molecule has 0 unspecified atom stereocenters. The van der Waals surface area contributed by atoms with Crippen LogP contribution in [0.1, 0.15) is 25.7 Å². The molecular weight excluding hydrogens is 272 g/mol. The van der Waals surface area contributed by atoms with Crippen molar-refractivity contribution in [2.45, 2.75) is 31.7 Å². The van der Waals surface area contributed by atoms with Crippen molar-refractivity contribution in [3.8, 4) is 0 Å². The monoisotopic (exact) mass is 284 g/mol. The summed E-state index contributed by atoms with van der Waals surface area (Å²) in [4.78, 5) is 19.5. The van der Waals surface area contributed by atoms with Crippen molar-refractivity contribution < 1.29 is 4.79 Å². The minimum absolute atomic E-state index is 0.228. The maximum Gasteiger partial charge on any atom is 0.321 e. The molecule has 0 radical (unpaired) electrons. The zero-order valence-electron chi connectivity index (χ0n) is 8.74. The molecule has 86 valence electrons. The molecule has 1 heterocycles. The second kappa shape index (κ2) is 5.25. The number of halogens is 1. The van der Waals surface area contributed by atoms with E-state index in [9.17, 15) is 4.79 Å². The third-order valence-corrected chi connectivity index (χ3v) is 2.95. The van der Waals surface area contributed by atoms with Crippen LogP contribution in [0.25, 0.3) is 0 Å². The van der Waals surface area contributed by atoms with Crippen molar-refractivity contribution in [2.24, 2.45) is 0 Å². The summed E-state index contributed by atoms with van der Waals surface area (Å²) in [6, 6.07) is 0.0738. The third kappa shape index (κ3) is 3.16. The Balaban J connectivity index is 1.84. The summed E-state index contributed by atoms with van der Waals surface area (Å²) in [6.45, 7) is 0. The van der Waals surface area contributed by atoms with Crippen LogP contribution in [0, 0.1) is 0 Å². The molecule has 1 aliphatic carbocycles. The Morgan fingerprint density at radius 1 is 1.31 bits per heavy atom. The number of carbonyl (C=O) groups is 1. The predicted octanol–water partition coefficient (Wildman–Crippen LogP) is 2.30. The summed E-state index contributed by atoms with van der Waals surface area (Å²) in [7, 11) is 0. The molecule has 1 saturated carbocycles. The van der Waals surface area contributed by atoms with Crippen LogP contribution in [0.3, 0.4) is 0 Å². The van der Waals surface area contributed by atoms with E-state index in [1.165, 1.54) is 12.8 Å². The molecule has 2 amide bonds. The van der Waals surface area contributed by atoms with E-state index < -0.39 is 0 Å². The molecule has 2 N–H and O–H groups in total. The number of nitrogens with one attached hydrogen (secondary N) is 2. The lowest BCUT2D eigenvalue weighted by Crippen LogP contribution is -2.36. The molecule has 16 heavy (non-hydrogen) atoms. The minimum atomic E-state index is -0.228. The number of hydrogen-bond acceptors (Lipinski definition) is 3. The Morgan fingerprint density at radius 2 is 1.94 bits per heavy atom. The van der Waals surface area contributed by atoms with Crippen LogP contribution in [-0.4, -0.2) is 22.0 Å². The number of carbonyl (C=O) groups excluding carboxylic acids is 1. The van der Waals surface area contributed by atoms with E-state index in [1.807, 2.05) is 0 Å². The standard InChI is InChI=1S/C10H13BrN4O/c11-7-5-12-9(13-6-7)15-10(16)14-8-3-1-2-4-8/h5-6,8H,1-4H2,(H2,12,13,14,15,16). The van der Waals surface area contributed by atoms with Gasteiger partial charge in [0.1, 0.15) is 0 Å². The highest BCUT2D eigenvalue weighted by atomic mass is 79.9. The van der Waals surface area contributed by atoms with Crippen LogP contribution >= 0.6 is 15.9 Å². The van der Waals surface area contributed by atoms with Crippen LogP contribution in [0.5, 0.6) is 0 Å². The SMILES string of the molecule is O=C(Nc1ncc(Br)cn1)NC1CCCC1. The molecule has 1 aliphatic rings. The average Bonchev–Trinajstić information content (AvgIpc) is 2.74. The number of nitrogens with zero attached hydrogens (tertiary/aromatic N) is 2. The van der Waals surface area contributed by atoms with Gasteiger partial charge in [-0.1, -0.05) is 12.8 Å². The Labute approximate surface area is 102 Å². The summed E-state index contributed by atoms with van der Waals surface area (Å²) in [5, 5.41) is 5.50. The van der Waals surface area contributed by atoms with Crippen molar-refractivity contribution in [3.63, 3.8) is 0 Å². The molecular formula is C10H13BrN4O. The van der Waals surface area contributed by atoms with Crippen LogP contribution in [0.15, 0.2) is 16.9 Å². The van der Waals surface area contributed by atoms with E-state index in [-0.39, 0.29) is 6.03 Å². The van der Waals surface area contributed by atoms with Gasteiger partial charge in [-0.05, 0) is 28.8 Å². The van der Waals surface area contributed by atoms with Crippen LogP contribution in [0.2, 0.25) is 0 Å². The van der Waals surface area contributed by atoms with Gasteiger partial charge in [0.25, 0.3) is 0 Å². The van der Waals surface area contributed by atoms with Crippen molar-refractivity contribution in [2.75, 3.05) is 5.32 Å². The number of urea groups is 1. The number of aromatic nitrogens is 2. The summed E-state index contributed by atoms with van der Waals surface area (Å²) >= 11 is 3.23. The molecule has 0 atom stereocenters. The van der Waals surface area contributed by atoms with Crippen molar-refractivity contribution in [3.05, 3.63) is 16.9 Å². The van der Waals surface area contributed by atoms with Gasteiger partial charge in [0.2, 0.25) is 5.95 Å². The van der Waals surface area contributed by atoms with Gasteiger partial charge in [-0.3, -0.25) is 5.32 Å². The van der Waals surface area contributed by atoms with Crippen LogP contribution in [-0.2, 0) is 0 Å². The van der Waals surface area contributed by atoms with Gasteiger partial charge in [0.05, 0.1) is 4.47 Å². The van der Waals surface area contributed by atoms with E-state index in [4.69, 9.17) is 0 Å². The van der Waals surface area contributed by atoms with E-state index >= 15 is 0 Å². The maximum absolute atomic E-state index is 11.5. The fraction of sp³-hybridized carbons (Fsp3) is 0.500. The maximum atomic E-state index is 11.5. The van der Waals surface area contributed by atoms with Crippen LogP contribution in [0.4, 0.5) is 10.7 Å². The smallest absolute Gasteiger partial charge is 0.321 e. The second-order valence-electron chi connectivity index (χ2n) is 3.80. The number of amides is 2. The average molecular weight is 285 g/mol. The first-order chi connectivity index (χ1) is 7.74. The Bertz CT molecular complexity index is 362. The minimum Gasteiger partial charge on any atom is -0.335 e. The van der Waals surface area contributed by atoms with Crippen molar-refractivity contribution in [1.29, 1.82) is 0 Å². The molecule has 1 aromatic heterocycles. The van der Waals surface area contributed by atoms with Crippen molar-refractivity contribution in [1.82, 2.24) is 15.3 Å². The fourth-order valence-corrected chi connectivity index (χ4v) is 1.97. The first-order valence-corrected chi connectivity index (χ1v) is 6.08.